The number of rotatable bonds is 2. The number of aryl methyl sites for hydroxylation is 1. The summed E-state index contributed by atoms with van der Waals surface area (Å²) in [6.45, 7) is 6.62. The van der Waals surface area contributed by atoms with Crippen LogP contribution in [0.1, 0.15) is 30.9 Å². The molecule has 0 bridgehead atoms. The third-order valence-corrected chi connectivity index (χ3v) is 2.37. The van der Waals surface area contributed by atoms with Gasteiger partial charge in [0.25, 0.3) is 0 Å². The molecular weight excluding hydrogens is 158 g/mol. The fraction of sp³-hybridized carbons (Fsp3) is 0.500. The highest BCUT2D eigenvalue weighted by atomic mass is 15.1. The lowest BCUT2D eigenvalue weighted by Crippen LogP contribution is -2.10. The summed E-state index contributed by atoms with van der Waals surface area (Å²) in [5.74, 6) is 0.620. The van der Waals surface area contributed by atoms with E-state index in [2.05, 4.69) is 58.0 Å². The molecule has 13 heavy (non-hydrogen) atoms. The highest BCUT2D eigenvalue weighted by Crippen LogP contribution is 2.23. The van der Waals surface area contributed by atoms with Crippen molar-refractivity contribution in [1.29, 1.82) is 0 Å². The van der Waals surface area contributed by atoms with Crippen LogP contribution >= 0.6 is 0 Å². The molecule has 0 aliphatic heterocycles. The molecule has 0 aliphatic carbocycles. The van der Waals surface area contributed by atoms with Gasteiger partial charge in [-0.2, -0.15) is 0 Å². The first-order valence-electron chi connectivity index (χ1n) is 4.80. The topological polar surface area (TPSA) is 3.24 Å². The molecule has 0 saturated heterocycles. The number of hydrogen-bond donors (Lipinski definition) is 0. The number of nitrogens with zero attached hydrogens (tertiary/aromatic N) is 1. The average Bonchev–Trinajstić information content (AvgIpc) is 2.03. The Hall–Kier alpha value is -0.980. The number of anilines is 1. The summed E-state index contributed by atoms with van der Waals surface area (Å²) in [6, 6.07) is 6.69. The van der Waals surface area contributed by atoms with Crippen LogP contribution in [0.5, 0.6) is 0 Å². The second kappa shape index (κ2) is 3.82. The molecule has 0 amide bonds. The van der Waals surface area contributed by atoms with E-state index in [-0.39, 0.29) is 0 Å². The van der Waals surface area contributed by atoms with E-state index in [1.165, 1.54) is 16.8 Å². The quantitative estimate of drug-likeness (QED) is 0.670. The molecule has 0 aromatic heterocycles. The first-order chi connectivity index (χ1) is 6.02. The van der Waals surface area contributed by atoms with Crippen molar-refractivity contribution in [1.82, 2.24) is 0 Å². The summed E-state index contributed by atoms with van der Waals surface area (Å²) in [6.07, 6.45) is 0. The molecule has 0 aliphatic rings. The molecule has 1 nitrogen and oxygen atoms in total. The SMILES string of the molecule is Cc1cc(C(C)C)ccc1N(C)C. The van der Waals surface area contributed by atoms with Crippen LogP contribution in [-0.4, -0.2) is 14.1 Å². The van der Waals surface area contributed by atoms with Crippen LogP contribution in [0.15, 0.2) is 18.2 Å². The number of hydrogen-bond acceptors (Lipinski definition) is 1. The van der Waals surface area contributed by atoms with Gasteiger partial charge in [0, 0.05) is 19.8 Å². The summed E-state index contributed by atoms with van der Waals surface area (Å²) in [5, 5.41) is 0. The van der Waals surface area contributed by atoms with Crippen molar-refractivity contribution in [3.63, 3.8) is 0 Å². The lowest BCUT2D eigenvalue weighted by molar-refractivity contribution is 0.864. The van der Waals surface area contributed by atoms with E-state index in [0.29, 0.717) is 5.92 Å². The Labute approximate surface area is 81.4 Å². The number of benzene rings is 1. The van der Waals surface area contributed by atoms with Gasteiger partial charge in [0.15, 0.2) is 0 Å². The van der Waals surface area contributed by atoms with E-state index in [0.717, 1.165) is 0 Å². The Balaban J connectivity index is 3.06. The molecule has 0 spiro atoms. The summed E-state index contributed by atoms with van der Waals surface area (Å²) >= 11 is 0. The van der Waals surface area contributed by atoms with Gasteiger partial charge in [0.05, 0.1) is 0 Å². The Kier molecular flexibility index (Phi) is 2.97. The zero-order valence-corrected chi connectivity index (χ0v) is 9.26. The molecule has 0 unspecified atom stereocenters. The normalized spacial score (nSPS) is 10.6. The van der Waals surface area contributed by atoms with Crippen LogP contribution in [0.2, 0.25) is 0 Å². The smallest absolute Gasteiger partial charge is 0.0390 e. The molecule has 0 saturated carbocycles. The summed E-state index contributed by atoms with van der Waals surface area (Å²) < 4.78 is 0. The lowest BCUT2D eigenvalue weighted by atomic mass is 10.00. The van der Waals surface area contributed by atoms with E-state index < -0.39 is 0 Å². The van der Waals surface area contributed by atoms with Crippen molar-refractivity contribution in [3.8, 4) is 0 Å². The molecule has 0 heterocycles. The van der Waals surface area contributed by atoms with Crippen molar-refractivity contribution >= 4 is 5.69 Å². The van der Waals surface area contributed by atoms with Gasteiger partial charge in [-0.1, -0.05) is 26.0 Å². The molecule has 0 N–H and O–H groups in total. The largest absolute Gasteiger partial charge is 0.377 e. The van der Waals surface area contributed by atoms with Gasteiger partial charge < -0.3 is 4.90 Å². The van der Waals surface area contributed by atoms with Crippen LogP contribution in [0.3, 0.4) is 0 Å². The highest BCUT2D eigenvalue weighted by Gasteiger charge is 2.03. The minimum Gasteiger partial charge on any atom is -0.377 e. The van der Waals surface area contributed by atoms with Crippen molar-refractivity contribution in [2.45, 2.75) is 26.7 Å². The van der Waals surface area contributed by atoms with Gasteiger partial charge in [-0.15, -0.1) is 0 Å². The fourth-order valence-electron chi connectivity index (χ4n) is 1.54. The summed E-state index contributed by atoms with van der Waals surface area (Å²) in [5.41, 5.74) is 4.09. The van der Waals surface area contributed by atoms with Crippen LogP contribution in [-0.2, 0) is 0 Å². The summed E-state index contributed by atoms with van der Waals surface area (Å²) in [4.78, 5) is 2.15. The van der Waals surface area contributed by atoms with Gasteiger partial charge >= 0.3 is 0 Å². The van der Waals surface area contributed by atoms with Gasteiger partial charge in [-0.3, -0.25) is 0 Å². The van der Waals surface area contributed by atoms with Gasteiger partial charge in [0.2, 0.25) is 0 Å². The fourth-order valence-corrected chi connectivity index (χ4v) is 1.54. The monoisotopic (exact) mass is 177 g/mol. The maximum Gasteiger partial charge on any atom is 0.0390 e. The first kappa shape index (κ1) is 10.1. The Morgan fingerprint density at radius 1 is 1.15 bits per heavy atom. The molecule has 72 valence electrons. The van der Waals surface area contributed by atoms with Crippen molar-refractivity contribution < 1.29 is 0 Å². The standard InChI is InChI=1S/C12H19N/c1-9(2)11-6-7-12(13(4)5)10(3)8-11/h6-9H,1-5H3. The van der Waals surface area contributed by atoms with Gasteiger partial charge in [0.1, 0.15) is 0 Å². The minimum atomic E-state index is 0.620. The molecule has 0 atom stereocenters. The Bertz CT molecular complexity index is 287. The van der Waals surface area contributed by atoms with Crippen molar-refractivity contribution in [2.24, 2.45) is 0 Å². The maximum absolute atomic E-state index is 2.28. The van der Waals surface area contributed by atoms with E-state index in [4.69, 9.17) is 0 Å². The predicted molar refractivity (Wildman–Crippen MR) is 59.6 cm³/mol. The van der Waals surface area contributed by atoms with E-state index in [9.17, 15) is 0 Å². The van der Waals surface area contributed by atoms with Crippen LogP contribution in [0, 0.1) is 6.92 Å². The highest BCUT2D eigenvalue weighted by molar-refractivity contribution is 5.53. The molecule has 1 rings (SSSR count). The zero-order chi connectivity index (χ0) is 10.0. The van der Waals surface area contributed by atoms with Crippen LogP contribution < -0.4 is 4.90 Å². The lowest BCUT2D eigenvalue weighted by Gasteiger charge is -2.17. The van der Waals surface area contributed by atoms with Crippen molar-refractivity contribution in [2.75, 3.05) is 19.0 Å². The minimum absolute atomic E-state index is 0.620. The van der Waals surface area contributed by atoms with Crippen LogP contribution in [0.4, 0.5) is 5.69 Å². The zero-order valence-electron chi connectivity index (χ0n) is 9.26. The van der Waals surface area contributed by atoms with E-state index in [1.807, 2.05) is 0 Å². The molecule has 0 fully saturated rings. The third kappa shape index (κ3) is 2.24. The Morgan fingerprint density at radius 2 is 1.77 bits per heavy atom. The molecule has 1 aromatic rings. The van der Waals surface area contributed by atoms with Gasteiger partial charge in [-0.25, -0.2) is 0 Å². The molecule has 1 heteroatoms. The maximum atomic E-state index is 2.28. The molecular formula is C12H19N. The average molecular weight is 177 g/mol. The second-order valence-electron chi connectivity index (χ2n) is 4.10. The third-order valence-electron chi connectivity index (χ3n) is 2.37. The first-order valence-corrected chi connectivity index (χ1v) is 4.80. The van der Waals surface area contributed by atoms with E-state index in [1.54, 1.807) is 0 Å². The predicted octanol–water partition coefficient (Wildman–Crippen LogP) is 3.18. The van der Waals surface area contributed by atoms with Crippen LogP contribution in [0.25, 0.3) is 0 Å². The summed E-state index contributed by atoms with van der Waals surface area (Å²) in [7, 11) is 4.16. The van der Waals surface area contributed by atoms with Gasteiger partial charge in [-0.05, 0) is 30.0 Å². The second-order valence-corrected chi connectivity index (χ2v) is 4.10. The Morgan fingerprint density at radius 3 is 2.15 bits per heavy atom. The molecule has 1 aromatic carbocycles. The van der Waals surface area contributed by atoms with E-state index >= 15 is 0 Å². The molecule has 0 radical (unpaired) electrons. The van der Waals surface area contributed by atoms with Crippen molar-refractivity contribution in [3.05, 3.63) is 29.3 Å².